The van der Waals surface area contributed by atoms with Crippen molar-refractivity contribution >= 4 is 22.8 Å². The molecule has 110 valence electrons. The summed E-state index contributed by atoms with van der Waals surface area (Å²) >= 11 is 0. The van der Waals surface area contributed by atoms with Crippen LogP contribution < -0.4 is 4.74 Å². The third kappa shape index (κ3) is 3.19. The number of carboxylic acids is 2. The highest BCUT2D eigenvalue weighted by Gasteiger charge is 2.31. The van der Waals surface area contributed by atoms with Gasteiger partial charge in [-0.25, -0.2) is 14.6 Å². The Morgan fingerprint density at radius 2 is 1.76 bits per heavy atom. The Hall–Kier alpha value is -2.84. The maximum absolute atomic E-state index is 12.1. The first-order chi connectivity index (χ1) is 9.67. The first-order valence-electron chi connectivity index (χ1n) is 5.34. The molecule has 1 aromatic heterocycles. The Bertz CT molecular complexity index is 741. The van der Waals surface area contributed by atoms with Crippen LogP contribution in [-0.2, 0) is 0 Å². The van der Waals surface area contributed by atoms with Gasteiger partial charge in [0.05, 0.1) is 11.1 Å². The molecule has 0 fully saturated rings. The standard InChI is InChI=1S/C12H6F3NO5/c13-12(14,15)21-5-1-2-8-6(3-5)7(10(17)18)4-9(16-8)11(19)20/h1-4H,(H,17,18)(H,19,20). The van der Waals surface area contributed by atoms with Crippen LogP contribution in [0.3, 0.4) is 0 Å². The Labute approximate surface area is 114 Å². The Morgan fingerprint density at radius 1 is 1.10 bits per heavy atom. The molecule has 0 saturated carbocycles. The number of aromatic nitrogens is 1. The van der Waals surface area contributed by atoms with Crippen LogP contribution in [0.4, 0.5) is 13.2 Å². The fourth-order valence-electron chi connectivity index (χ4n) is 1.69. The van der Waals surface area contributed by atoms with Crippen molar-refractivity contribution in [1.82, 2.24) is 4.98 Å². The SMILES string of the molecule is O=C(O)c1cc(C(=O)O)c2cc(OC(F)(F)F)ccc2n1. The second kappa shape index (κ2) is 4.93. The Morgan fingerprint density at radius 3 is 2.29 bits per heavy atom. The van der Waals surface area contributed by atoms with Crippen molar-refractivity contribution in [2.75, 3.05) is 0 Å². The normalized spacial score (nSPS) is 11.4. The van der Waals surface area contributed by atoms with Crippen molar-refractivity contribution < 1.29 is 37.7 Å². The molecule has 1 aromatic carbocycles. The van der Waals surface area contributed by atoms with E-state index in [0.29, 0.717) is 0 Å². The van der Waals surface area contributed by atoms with Crippen molar-refractivity contribution in [2.24, 2.45) is 0 Å². The molecule has 2 N–H and O–H groups in total. The van der Waals surface area contributed by atoms with E-state index in [1.54, 1.807) is 0 Å². The first-order valence-corrected chi connectivity index (χ1v) is 5.34. The van der Waals surface area contributed by atoms with E-state index in [-0.39, 0.29) is 10.9 Å². The number of fused-ring (bicyclic) bond motifs is 1. The van der Waals surface area contributed by atoms with E-state index in [9.17, 15) is 22.8 Å². The molecule has 0 atom stereocenters. The number of aromatic carboxylic acids is 2. The maximum atomic E-state index is 12.1. The molecule has 2 aromatic rings. The largest absolute Gasteiger partial charge is 0.573 e. The molecule has 0 aliphatic rings. The molecule has 1 heterocycles. The number of alkyl halides is 3. The molecular weight excluding hydrogens is 295 g/mol. The number of ether oxygens (including phenoxy) is 1. The van der Waals surface area contributed by atoms with E-state index in [1.165, 1.54) is 0 Å². The van der Waals surface area contributed by atoms with Crippen LogP contribution in [0, 0.1) is 0 Å². The fourth-order valence-corrected chi connectivity index (χ4v) is 1.69. The molecule has 0 aliphatic heterocycles. The lowest BCUT2D eigenvalue weighted by atomic mass is 10.1. The topological polar surface area (TPSA) is 96.7 Å². The third-order valence-corrected chi connectivity index (χ3v) is 2.46. The van der Waals surface area contributed by atoms with Gasteiger partial charge < -0.3 is 14.9 Å². The molecule has 9 heteroatoms. The molecule has 0 saturated heterocycles. The van der Waals surface area contributed by atoms with Gasteiger partial charge in [-0.15, -0.1) is 13.2 Å². The molecule has 0 bridgehead atoms. The van der Waals surface area contributed by atoms with Crippen LogP contribution in [0.2, 0.25) is 0 Å². The predicted octanol–water partition coefficient (Wildman–Crippen LogP) is 2.53. The molecule has 0 radical (unpaired) electrons. The summed E-state index contributed by atoms with van der Waals surface area (Å²) in [6.45, 7) is 0. The van der Waals surface area contributed by atoms with Gasteiger partial charge in [-0.1, -0.05) is 0 Å². The smallest absolute Gasteiger partial charge is 0.478 e. The monoisotopic (exact) mass is 301 g/mol. The van der Waals surface area contributed by atoms with Crippen molar-refractivity contribution in [3.8, 4) is 5.75 Å². The summed E-state index contributed by atoms with van der Waals surface area (Å²) in [5.41, 5.74) is -1.07. The number of rotatable bonds is 3. The lowest BCUT2D eigenvalue weighted by molar-refractivity contribution is -0.274. The molecule has 0 amide bonds. The number of hydrogen-bond donors (Lipinski definition) is 2. The second-order valence-electron chi connectivity index (χ2n) is 3.89. The van der Waals surface area contributed by atoms with Gasteiger partial charge in [0, 0.05) is 5.39 Å². The van der Waals surface area contributed by atoms with E-state index in [2.05, 4.69) is 9.72 Å². The van der Waals surface area contributed by atoms with Gasteiger partial charge >= 0.3 is 18.3 Å². The number of carboxylic acid groups (broad SMARTS) is 2. The van der Waals surface area contributed by atoms with Gasteiger partial charge in [0.15, 0.2) is 0 Å². The molecule has 0 aliphatic carbocycles. The molecular formula is C12H6F3NO5. The van der Waals surface area contributed by atoms with Gasteiger partial charge in [-0.2, -0.15) is 0 Å². The van der Waals surface area contributed by atoms with E-state index in [4.69, 9.17) is 10.2 Å². The molecule has 0 spiro atoms. The quantitative estimate of drug-likeness (QED) is 0.904. The second-order valence-corrected chi connectivity index (χ2v) is 3.89. The van der Waals surface area contributed by atoms with Crippen LogP contribution in [0.15, 0.2) is 24.3 Å². The van der Waals surface area contributed by atoms with Gasteiger partial charge in [0.1, 0.15) is 11.4 Å². The van der Waals surface area contributed by atoms with Crippen molar-refractivity contribution in [1.29, 1.82) is 0 Å². The molecule has 2 rings (SSSR count). The summed E-state index contributed by atoms with van der Waals surface area (Å²) in [6.07, 6.45) is -4.93. The van der Waals surface area contributed by atoms with Crippen LogP contribution in [-0.4, -0.2) is 33.5 Å². The average molecular weight is 301 g/mol. The zero-order valence-corrected chi connectivity index (χ0v) is 10.0. The number of benzene rings is 1. The van der Waals surface area contributed by atoms with E-state index >= 15 is 0 Å². The lowest BCUT2D eigenvalue weighted by Gasteiger charge is -2.10. The number of nitrogens with zero attached hydrogens (tertiary/aromatic N) is 1. The molecule has 6 nitrogen and oxygen atoms in total. The highest BCUT2D eigenvalue weighted by Crippen LogP contribution is 2.28. The number of pyridine rings is 1. The first kappa shape index (κ1) is 14.6. The zero-order chi connectivity index (χ0) is 15.8. The fraction of sp³-hybridized carbons (Fsp3) is 0.0833. The van der Waals surface area contributed by atoms with Gasteiger partial charge in [-0.05, 0) is 24.3 Å². The lowest BCUT2D eigenvalue weighted by Crippen LogP contribution is -2.17. The zero-order valence-electron chi connectivity index (χ0n) is 10.0. The summed E-state index contributed by atoms with van der Waals surface area (Å²) in [7, 11) is 0. The molecule has 21 heavy (non-hydrogen) atoms. The van der Waals surface area contributed by atoms with Crippen LogP contribution in [0.1, 0.15) is 20.8 Å². The number of halogens is 3. The van der Waals surface area contributed by atoms with Gasteiger partial charge in [0.25, 0.3) is 0 Å². The summed E-state index contributed by atoms with van der Waals surface area (Å²) < 4.78 is 40.1. The summed E-state index contributed by atoms with van der Waals surface area (Å²) in [5, 5.41) is 17.7. The van der Waals surface area contributed by atoms with Gasteiger partial charge in [-0.3, -0.25) is 0 Å². The van der Waals surface area contributed by atoms with Crippen LogP contribution >= 0.6 is 0 Å². The number of carbonyl (C=O) groups is 2. The minimum atomic E-state index is -4.93. The average Bonchev–Trinajstić information content (AvgIpc) is 2.35. The minimum absolute atomic E-state index is 0.0678. The summed E-state index contributed by atoms with van der Waals surface area (Å²) in [5.74, 6) is -3.56. The highest BCUT2D eigenvalue weighted by molar-refractivity contribution is 6.05. The van der Waals surface area contributed by atoms with Crippen molar-refractivity contribution in [2.45, 2.75) is 6.36 Å². The number of hydrogen-bond acceptors (Lipinski definition) is 4. The molecule has 0 unspecified atom stereocenters. The van der Waals surface area contributed by atoms with Crippen molar-refractivity contribution in [3.05, 3.63) is 35.5 Å². The van der Waals surface area contributed by atoms with Crippen LogP contribution in [0.5, 0.6) is 5.75 Å². The van der Waals surface area contributed by atoms with Gasteiger partial charge in [0.2, 0.25) is 0 Å². The third-order valence-electron chi connectivity index (χ3n) is 2.46. The summed E-state index contributed by atoms with van der Waals surface area (Å²) in [6, 6.07) is 3.57. The summed E-state index contributed by atoms with van der Waals surface area (Å²) in [4.78, 5) is 25.6. The minimum Gasteiger partial charge on any atom is -0.478 e. The van der Waals surface area contributed by atoms with Crippen LogP contribution in [0.25, 0.3) is 10.9 Å². The van der Waals surface area contributed by atoms with E-state index in [0.717, 1.165) is 24.3 Å². The highest BCUT2D eigenvalue weighted by atomic mass is 19.4. The predicted molar refractivity (Wildman–Crippen MR) is 62.3 cm³/mol. The van der Waals surface area contributed by atoms with E-state index < -0.39 is 35.3 Å². The van der Waals surface area contributed by atoms with E-state index in [1.807, 2.05) is 0 Å². The van der Waals surface area contributed by atoms with Crippen molar-refractivity contribution in [3.63, 3.8) is 0 Å². The Balaban J connectivity index is 2.65. The Kier molecular flexibility index (Phi) is 3.42. The maximum Gasteiger partial charge on any atom is 0.573 e.